The summed E-state index contributed by atoms with van der Waals surface area (Å²) in [7, 11) is -2.35. The van der Waals surface area contributed by atoms with Gasteiger partial charge in [-0.3, -0.25) is 4.79 Å². The van der Waals surface area contributed by atoms with Gasteiger partial charge in [-0.15, -0.1) is 11.8 Å². The van der Waals surface area contributed by atoms with E-state index in [1.165, 1.54) is 28.8 Å². The first-order valence-corrected chi connectivity index (χ1v) is 12.6. The van der Waals surface area contributed by atoms with E-state index in [1.807, 2.05) is 54.8 Å². The molecular weight excluding hydrogens is 452 g/mol. The van der Waals surface area contributed by atoms with Crippen molar-refractivity contribution in [2.75, 3.05) is 18.2 Å². The van der Waals surface area contributed by atoms with Gasteiger partial charge in [0.2, 0.25) is 15.9 Å². The molecule has 0 aliphatic carbocycles. The number of hydrogen-bond acceptors (Lipinski definition) is 4. The summed E-state index contributed by atoms with van der Waals surface area (Å²) < 4.78 is 28.8. The topological polar surface area (TPSA) is 66.5 Å². The summed E-state index contributed by atoms with van der Waals surface area (Å²) in [6.07, 6.45) is 2.08. The van der Waals surface area contributed by atoms with Gasteiger partial charge in [0.25, 0.3) is 0 Å². The van der Waals surface area contributed by atoms with Gasteiger partial charge in [0.15, 0.2) is 0 Å². The Morgan fingerprint density at radius 2 is 1.65 bits per heavy atom. The van der Waals surface area contributed by atoms with E-state index in [1.54, 1.807) is 25.2 Å². The fraction of sp³-hybridized carbons (Fsp3) is 0.174. The average molecular weight is 475 g/mol. The molecule has 0 aliphatic heterocycles. The number of hydrogen-bond donors (Lipinski definition) is 1. The van der Waals surface area contributed by atoms with Gasteiger partial charge < -0.3 is 4.90 Å². The Morgan fingerprint density at radius 1 is 1.03 bits per heavy atom. The average Bonchev–Trinajstić information content (AvgIpc) is 2.78. The number of amides is 1. The molecule has 3 aromatic carbocycles. The minimum absolute atomic E-state index is 0.0172. The number of likely N-dealkylation sites (N-methyl/N-ethyl adjacent to an activating group) is 1. The second-order valence-electron chi connectivity index (χ2n) is 6.89. The van der Waals surface area contributed by atoms with Crippen molar-refractivity contribution >= 4 is 45.0 Å². The zero-order valence-corrected chi connectivity index (χ0v) is 19.5. The van der Waals surface area contributed by atoms with Crippen LogP contribution in [0.5, 0.6) is 0 Å². The molecule has 1 N–H and O–H groups in total. The summed E-state index contributed by atoms with van der Waals surface area (Å²) in [5, 5.41) is 0.350. The van der Waals surface area contributed by atoms with E-state index in [0.717, 1.165) is 10.5 Å². The number of benzene rings is 3. The van der Waals surface area contributed by atoms with Crippen LogP contribution in [0, 0.1) is 0 Å². The van der Waals surface area contributed by atoms with Crippen molar-refractivity contribution < 1.29 is 13.2 Å². The minimum atomic E-state index is -3.98. The molecule has 0 aromatic heterocycles. The second kappa shape index (κ2) is 10.3. The Morgan fingerprint density at radius 3 is 2.23 bits per heavy atom. The van der Waals surface area contributed by atoms with E-state index in [4.69, 9.17) is 11.6 Å². The summed E-state index contributed by atoms with van der Waals surface area (Å²) in [4.78, 5) is 15.5. The van der Waals surface area contributed by atoms with Gasteiger partial charge >= 0.3 is 0 Å². The van der Waals surface area contributed by atoms with Crippen LogP contribution in [0.25, 0.3) is 0 Å². The van der Waals surface area contributed by atoms with Crippen molar-refractivity contribution in [3.63, 3.8) is 0 Å². The summed E-state index contributed by atoms with van der Waals surface area (Å²) in [5.74, 6) is -0.356. The largest absolute Gasteiger partial charge is 0.314 e. The van der Waals surface area contributed by atoms with E-state index in [0.29, 0.717) is 10.7 Å². The fourth-order valence-corrected chi connectivity index (χ4v) is 5.26. The maximum absolute atomic E-state index is 13.3. The van der Waals surface area contributed by atoms with Gasteiger partial charge in [0.1, 0.15) is 6.04 Å². The van der Waals surface area contributed by atoms with Crippen LogP contribution in [0.4, 0.5) is 5.69 Å². The molecule has 0 radical (unpaired) electrons. The first-order chi connectivity index (χ1) is 14.8. The molecular formula is C23H23ClN2O3S2. The molecule has 162 valence electrons. The first-order valence-electron chi connectivity index (χ1n) is 9.54. The molecule has 0 heterocycles. The molecule has 1 atom stereocenters. The molecule has 3 rings (SSSR count). The van der Waals surface area contributed by atoms with Crippen molar-refractivity contribution in [1.82, 2.24) is 4.72 Å². The van der Waals surface area contributed by atoms with Crippen LogP contribution in [-0.4, -0.2) is 33.7 Å². The molecule has 0 fully saturated rings. The molecule has 0 aliphatic rings. The molecule has 0 unspecified atom stereocenters. The van der Waals surface area contributed by atoms with E-state index in [9.17, 15) is 13.2 Å². The standard InChI is InChI=1S/C23H23ClN2O3S2/c1-26(18-11-7-4-8-12-18)23(27)21(15-17-9-5-3-6-10-17)25-31(28,29)19-13-14-22(30-2)20(24)16-19/h3-14,16,21,25H,15H2,1-2H3/t21-/m0/s1. The van der Waals surface area contributed by atoms with Crippen LogP contribution >= 0.6 is 23.4 Å². The van der Waals surface area contributed by atoms with Crippen LogP contribution in [0.15, 0.2) is 88.7 Å². The monoisotopic (exact) mass is 474 g/mol. The lowest BCUT2D eigenvalue weighted by molar-refractivity contribution is -0.119. The number of nitrogens with zero attached hydrogens (tertiary/aromatic N) is 1. The molecule has 0 spiro atoms. The number of carbonyl (C=O) groups excluding carboxylic acids is 1. The number of para-hydroxylation sites is 1. The third-order valence-corrected chi connectivity index (χ3v) is 7.48. The van der Waals surface area contributed by atoms with E-state index >= 15 is 0 Å². The highest BCUT2D eigenvalue weighted by atomic mass is 35.5. The first kappa shape index (κ1) is 23.3. The number of halogens is 1. The van der Waals surface area contributed by atoms with Crippen molar-refractivity contribution in [3.05, 3.63) is 89.4 Å². The van der Waals surface area contributed by atoms with Crippen LogP contribution in [-0.2, 0) is 21.2 Å². The van der Waals surface area contributed by atoms with Crippen molar-refractivity contribution in [3.8, 4) is 0 Å². The Balaban J connectivity index is 1.92. The summed E-state index contributed by atoms with van der Waals surface area (Å²) in [5.41, 5.74) is 1.53. The quantitative estimate of drug-likeness (QED) is 0.484. The van der Waals surface area contributed by atoms with Crippen LogP contribution in [0.1, 0.15) is 5.56 Å². The zero-order chi connectivity index (χ0) is 22.4. The fourth-order valence-electron chi connectivity index (χ4n) is 3.11. The van der Waals surface area contributed by atoms with E-state index < -0.39 is 16.1 Å². The number of carbonyl (C=O) groups is 1. The van der Waals surface area contributed by atoms with Gasteiger partial charge in [0.05, 0.1) is 9.92 Å². The molecule has 0 saturated carbocycles. The smallest absolute Gasteiger partial charge is 0.245 e. The highest BCUT2D eigenvalue weighted by Gasteiger charge is 2.29. The lowest BCUT2D eigenvalue weighted by Gasteiger charge is -2.25. The van der Waals surface area contributed by atoms with Gasteiger partial charge in [-0.25, -0.2) is 8.42 Å². The van der Waals surface area contributed by atoms with Crippen molar-refractivity contribution in [1.29, 1.82) is 0 Å². The van der Waals surface area contributed by atoms with Crippen LogP contribution in [0.2, 0.25) is 5.02 Å². The molecule has 5 nitrogen and oxygen atoms in total. The Bertz CT molecular complexity index is 1140. The number of thioether (sulfide) groups is 1. The lowest BCUT2D eigenvalue weighted by Crippen LogP contribution is -2.48. The Labute approximate surface area is 192 Å². The molecule has 1 amide bonds. The molecule has 0 saturated heterocycles. The van der Waals surface area contributed by atoms with Crippen LogP contribution in [0.3, 0.4) is 0 Å². The van der Waals surface area contributed by atoms with E-state index in [-0.39, 0.29) is 17.2 Å². The summed E-state index contributed by atoms with van der Waals surface area (Å²) >= 11 is 7.64. The molecule has 31 heavy (non-hydrogen) atoms. The van der Waals surface area contributed by atoms with Gasteiger partial charge in [-0.2, -0.15) is 4.72 Å². The molecule has 0 bridgehead atoms. The molecule has 3 aromatic rings. The predicted octanol–water partition coefficient (Wildman–Crippen LogP) is 4.61. The SMILES string of the molecule is CSc1ccc(S(=O)(=O)N[C@@H](Cc2ccccc2)C(=O)N(C)c2ccccc2)cc1Cl. The van der Waals surface area contributed by atoms with Crippen molar-refractivity contribution in [2.24, 2.45) is 0 Å². The van der Waals surface area contributed by atoms with Crippen LogP contribution < -0.4 is 9.62 Å². The maximum Gasteiger partial charge on any atom is 0.245 e. The number of anilines is 1. The highest BCUT2D eigenvalue weighted by Crippen LogP contribution is 2.28. The Kier molecular flexibility index (Phi) is 7.78. The predicted molar refractivity (Wildman–Crippen MR) is 127 cm³/mol. The van der Waals surface area contributed by atoms with E-state index in [2.05, 4.69) is 4.72 Å². The summed E-state index contributed by atoms with van der Waals surface area (Å²) in [6, 6.07) is 22.0. The summed E-state index contributed by atoms with van der Waals surface area (Å²) in [6.45, 7) is 0. The van der Waals surface area contributed by atoms with Gasteiger partial charge in [-0.05, 0) is 48.6 Å². The minimum Gasteiger partial charge on any atom is -0.314 e. The highest BCUT2D eigenvalue weighted by molar-refractivity contribution is 7.98. The number of nitrogens with one attached hydrogen (secondary N) is 1. The van der Waals surface area contributed by atoms with Gasteiger partial charge in [-0.1, -0.05) is 60.1 Å². The second-order valence-corrected chi connectivity index (χ2v) is 9.86. The lowest BCUT2D eigenvalue weighted by atomic mass is 10.1. The number of sulfonamides is 1. The normalized spacial score (nSPS) is 12.4. The maximum atomic E-state index is 13.3. The molecule has 8 heteroatoms. The van der Waals surface area contributed by atoms with Crippen molar-refractivity contribution in [2.45, 2.75) is 22.3 Å². The third-order valence-electron chi connectivity index (χ3n) is 4.79. The third kappa shape index (κ3) is 5.89. The Hall–Kier alpha value is -2.32. The zero-order valence-electron chi connectivity index (χ0n) is 17.2. The number of rotatable bonds is 8. The van der Waals surface area contributed by atoms with Gasteiger partial charge in [0, 0.05) is 17.6 Å².